The van der Waals surface area contributed by atoms with Crippen molar-refractivity contribution < 1.29 is 14.3 Å². The number of fused-ring (bicyclic) bond motifs is 1. The summed E-state index contributed by atoms with van der Waals surface area (Å²) in [5.41, 5.74) is 2.12. The van der Waals surface area contributed by atoms with E-state index in [2.05, 4.69) is 5.32 Å². The molecule has 3 rings (SSSR count). The number of halogens is 2. The van der Waals surface area contributed by atoms with Crippen LogP contribution in [0.3, 0.4) is 0 Å². The van der Waals surface area contributed by atoms with Gasteiger partial charge < -0.3 is 10.1 Å². The molecule has 1 aromatic heterocycles. The topological polar surface area (TPSA) is 55.4 Å². The Morgan fingerprint density at radius 3 is 2.62 bits per heavy atom. The van der Waals surface area contributed by atoms with E-state index in [0.29, 0.717) is 32.8 Å². The summed E-state index contributed by atoms with van der Waals surface area (Å²) in [5, 5.41) is 4.35. The zero-order valence-corrected chi connectivity index (χ0v) is 18.6. The molecule has 4 nitrogen and oxygen atoms in total. The maximum atomic E-state index is 12.7. The van der Waals surface area contributed by atoms with Crippen molar-refractivity contribution in [2.45, 2.75) is 45.4 Å². The van der Waals surface area contributed by atoms with Gasteiger partial charge in [-0.25, -0.2) is 4.79 Å². The van der Waals surface area contributed by atoms with Crippen LogP contribution in [0, 0.1) is 0 Å². The second-order valence-corrected chi connectivity index (χ2v) is 8.78. The first kappa shape index (κ1) is 21.9. The molecule has 1 amide bonds. The van der Waals surface area contributed by atoms with Gasteiger partial charge in [0.25, 0.3) is 0 Å². The monoisotopic (exact) mass is 451 g/mol. The normalized spacial score (nSPS) is 13.8. The number of carbonyl (C=O) groups is 2. The van der Waals surface area contributed by atoms with Crippen LogP contribution in [0.2, 0.25) is 10.0 Å². The summed E-state index contributed by atoms with van der Waals surface area (Å²) in [6, 6.07) is 5.17. The summed E-state index contributed by atoms with van der Waals surface area (Å²) in [5.74, 6) is -0.707. The molecular weight excluding hydrogens is 429 g/mol. The number of hydrogen-bond acceptors (Lipinski definition) is 4. The quantitative estimate of drug-likeness (QED) is 0.308. The zero-order valence-electron chi connectivity index (χ0n) is 16.2. The van der Waals surface area contributed by atoms with E-state index in [-0.39, 0.29) is 11.9 Å². The van der Waals surface area contributed by atoms with Crippen molar-refractivity contribution in [3.63, 3.8) is 0 Å². The molecule has 154 valence electrons. The largest absolute Gasteiger partial charge is 0.462 e. The van der Waals surface area contributed by atoms with E-state index in [9.17, 15) is 9.59 Å². The SMILES string of the molecule is CCCOC(=O)c1c(NC(=O)C=Cc2c(Cl)cccc2Cl)sc2c1CCCCC2. The second kappa shape index (κ2) is 10.3. The molecule has 1 N–H and O–H groups in total. The predicted octanol–water partition coefficient (Wildman–Crippen LogP) is 6.54. The van der Waals surface area contributed by atoms with E-state index < -0.39 is 0 Å². The van der Waals surface area contributed by atoms with Crippen molar-refractivity contribution in [1.29, 1.82) is 0 Å². The lowest BCUT2D eigenvalue weighted by atomic mass is 10.1. The molecule has 0 fully saturated rings. The van der Waals surface area contributed by atoms with E-state index in [4.69, 9.17) is 27.9 Å². The Morgan fingerprint density at radius 2 is 1.90 bits per heavy atom. The Kier molecular flexibility index (Phi) is 7.76. The van der Waals surface area contributed by atoms with Gasteiger partial charge in [0, 0.05) is 26.6 Å². The predicted molar refractivity (Wildman–Crippen MR) is 120 cm³/mol. The van der Waals surface area contributed by atoms with Crippen LogP contribution in [0.5, 0.6) is 0 Å². The number of thiophene rings is 1. The van der Waals surface area contributed by atoms with Gasteiger partial charge in [-0.3, -0.25) is 4.79 Å². The second-order valence-electron chi connectivity index (χ2n) is 6.86. The van der Waals surface area contributed by atoms with E-state index in [1.807, 2.05) is 6.92 Å². The first-order chi connectivity index (χ1) is 14.0. The minimum atomic E-state index is -0.361. The summed E-state index contributed by atoms with van der Waals surface area (Å²) in [7, 11) is 0. The van der Waals surface area contributed by atoms with Crippen LogP contribution in [0.15, 0.2) is 24.3 Å². The Morgan fingerprint density at radius 1 is 1.17 bits per heavy atom. The van der Waals surface area contributed by atoms with E-state index in [1.165, 1.54) is 22.3 Å². The number of anilines is 1. The smallest absolute Gasteiger partial charge is 0.341 e. The molecule has 2 aromatic rings. The number of hydrogen-bond donors (Lipinski definition) is 1. The summed E-state index contributed by atoms with van der Waals surface area (Å²) >= 11 is 13.8. The van der Waals surface area contributed by atoms with Crippen molar-refractivity contribution >= 4 is 57.5 Å². The molecule has 0 saturated carbocycles. The highest BCUT2D eigenvalue weighted by Gasteiger charge is 2.26. The molecule has 29 heavy (non-hydrogen) atoms. The zero-order chi connectivity index (χ0) is 20.8. The number of esters is 1. The van der Waals surface area contributed by atoms with E-state index in [1.54, 1.807) is 24.3 Å². The van der Waals surface area contributed by atoms with Gasteiger partial charge >= 0.3 is 5.97 Å². The lowest BCUT2D eigenvalue weighted by molar-refractivity contribution is -0.111. The third kappa shape index (κ3) is 5.41. The van der Waals surface area contributed by atoms with Crippen molar-refractivity contribution in [2.75, 3.05) is 11.9 Å². The molecule has 0 radical (unpaired) electrons. The Balaban J connectivity index is 1.85. The molecule has 1 aliphatic rings. The fourth-order valence-corrected chi connectivity index (χ4v) is 5.10. The molecule has 0 saturated heterocycles. The van der Waals surface area contributed by atoms with Crippen LogP contribution in [0.25, 0.3) is 6.08 Å². The molecule has 7 heteroatoms. The van der Waals surface area contributed by atoms with Gasteiger partial charge in [-0.05, 0) is 55.9 Å². The number of benzene rings is 1. The third-order valence-corrected chi connectivity index (χ3v) is 6.57. The molecular formula is C22H23Cl2NO3S. The van der Waals surface area contributed by atoms with Crippen molar-refractivity contribution in [2.24, 2.45) is 0 Å². The lowest BCUT2D eigenvalue weighted by Gasteiger charge is -2.08. The third-order valence-electron chi connectivity index (χ3n) is 4.70. The molecule has 0 bridgehead atoms. The molecule has 1 heterocycles. The van der Waals surface area contributed by atoms with Gasteiger partial charge in [-0.1, -0.05) is 42.6 Å². The van der Waals surface area contributed by atoms with Crippen molar-refractivity contribution in [1.82, 2.24) is 0 Å². The number of rotatable bonds is 6. The van der Waals surface area contributed by atoms with E-state index in [0.717, 1.165) is 44.1 Å². The van der Waals surface area contributed by atoms with Crippen LogP contribution in [0.4, 0.5) is 5.00 Å². The molecule has 0 aliphatic heterocycles. The highest BCUT2D eigenvalue weighted by molar-refractivity contribution is 7.17. The fourth-order valence-electron chi connectivity index (χ4n) is 3.30. The van der Waals surface area contributed by atoms with Gasteiger partial charge in [0.05, 0.1) is 12.2 Å². The van der Waals surface area contributed by atoms with Crippen LogP contribution >= 0.6 is 34.5 Å². The maximum absolute atomic E-state index is 12.7. The number of amides is 1. The average Bonchev–Trinajstić information content (AvgIpc) is 2.86. The maximum Gasteiger partial charge on any atom is 0.341 e. The van der Waals surface area contributed by atoms with E-state index >= 15 is 0 Å². The highest BCUT2D eigenvalue weighted by atomic mass is 35.5. The summed E-state index contributed by atoms with van der Waals surface area (Å²) in [4.78, 5) is 26.4. The van der Waals surface area contributed by atoms with Gasteiger partial charge in [0.15, 0.2) is 0 Å². The highest BCUT2D eigenvalue weighted by Crippen LogP contribution is 2.38. The molecule has 1 aliphatic carbocycles. The average molecular weight is 452 g/mol. The van der Waals surface area contributed by atoms with Gasteiger partial charge in [0.2, 0.25) is 5.91 Å². The molecule has 0 unspecified atom stereocenters. The Labute approximate surface area is 184 Å². The van der Waals surface area contributed by atoms with Crippen molar-refractivity contribution in [3.8, 4) is 0 Å². The Hall–Kier alpha value is -1.82. The number of aryl methyl sites for hydroxylation is 1. The summed E-state index contributed by atoms with van der Waals surface area (Å²) in [6.45, 7) is 2.32. The molecule has 1 aromatic carbocycles. The first-order valence-corrected chi connectivity index (χ1v) is 11.3. The van der Waals surface area contributed by atoms with Gasteiger partial charge in [-0.2, -0.15) is 0 Å². The van der Waals surface area contributed by atoms with Crippen molar-refractivity contribution in [3.05, 3.63) is 55.9 Å². The van der Waals surface area contributed by atoms with Gasteiger partial charge in [0.1, 0.15) is 5.00 Å². The first-order valence-electron chi connectivity index (χ1n) is 9.76. The van der Waals surface area contributed by atoms with Crippen LogP contribution < -0.4 is 5.32 Å². The standard InChI is InChI=1S/C22H23Cl2NO3S/c1-2-13-28-22(27)20-15-7-4-3-5-10-18(15)29-21(20)25-19(26)12-11-14-16(23)8-6-9-17(14)24/h6,8-9,11-12H,2-5,7,10,13H2,1H3,(H,25,26). The minimum absolute atomic E-state index is 0.345. The van der Waals surface area contributed by atoms with Crippen LogP contribution in [-0.2, 0) is 22.4 Å². The summed E-state index contributed by atoms with van der Waals surface area (Å²) in [6.07, 6.45) is 8.74. The summed E-state index contributed by atoms with van der Waals surface area (Å²) < 4.78 is 5.39. The lowest BCUT2D eigenvalue weighted by Crippen LogP contribution is -2.13. The fraction of sp³-hybridized carbons (Fsp3) is 0.364. The molecule has 0 atom stereocenters. The Bertz CT molecular complexity index is 916. The number of carbonyl (C=O) groups excluding carboxylic acids is 2. The molecule has 0 spiro atoms. The number of nitrogens with one attached hydrogen (secondary N) is 1. The minimum Gasteiger partial charge on any atom is -0.462 e. The van der Waals surface area contributed by atoms with Crippen LogP contribution in [-0.4, -0.2) is 18.5 Å². The van der Waals surface area contributed by atoms with Gasteiger partial charge in [-0.15, -0.1) is 11.3 Å². The van der Waals surface area contributed by atoms with Crippen LogP contribution in [0.1, 0.15) is 59.0 Å². The number of ether oxygens (including phenoxy) is 1.